The fraction of sp³-hybridized carbons (Fsp3) is 0.316. The van der Waals surface area contributed by atoms with E-state index < -0.39 is 32.5 Å². The zero-order valence-electron chi connectivity index (χ0n) is 16.8. The summed E-state index contributed by atoms with van der Waals surface area (Å²) >= 11 is 0. The van der Waals surface area contributed by atoms with Crippen LogP contribution in [0.25, 0.3) is 0 Å². The molecule has 0 radical (unpaired) electrons. The van der Waals surface area contributed by atoms with E-state index in [1.54, 1.807) is 31.2 Å². The number of hydrogen-bond acceptors (Lipinski definition) is 5. The topological polar surface area (TPSA) is 127 Å². The fourth-order valence-electron chi connectivity index (χ4n) is 2.73. The van der Waals surface area contributed by atoms with Crippen LogP contribution in [0.15, 0.2) is 46.2 Å². The van der Waals surface area contributed by atoms with Crippen LogP contribution in [0.4, 0.5) is 5.69 Å². The molecule has 0 aliphatic carbocycles. The molecule has 0 bridgehead atoms. The molecule has 0 atom stereocenters. The Morgan fingerprint density at radius 3 is 2.24 bits per heavy atom. The molecule has 0 heterocycles. The van der Waals surface area contributed by atoms with Gasteiger partial charge in [0, 0.05) is 12.7 Å². The lowest BCUT2D eigenvalue weighted by atomic mass is 10.1. The zero-order chi connectivity index (χ0) is 22.0. The van der Waals surface area contributed by atoms with Gasteiger partial charge in [-0.1, -0.05) is 19.1 Å². The number of primary sulfonamides is 1. The van der Waals surface area contributed by atoms with Crippen LogP contribution in [0.5, 0.6) is 0 Å². The largest absolute Gasteiger partial charge is 0.325 e. The maximum absolute atomic E-state index is 12.7. The van der Waals surface area contributed by atoms with E-state index in [0.717, 1.165) is 15.4 Å². The molecular weight excluding hydrogens is 414 g/mol. The van der Waals surface area contributed by atoms with E-state index in [0.29, 0.717) is 12.0 Å². The van der Waals surface area contributed by atoms with Gasteiger partial charge >= 0.3 is 0 Å². The first kappa shape index (κ1) is 23.0. The van der Waals surface area contributed by atoms with Gasteiger partial charge in [-0.3, -0.25) is 4.79 Å². The van der Waals surface area contributed by atoms with Gasteiger partial charge in [0.15, 0.2) is 0 Å². The maximum Gasteiger partial charge on any atom is 0.243 e. The number of carbonyl (C=O) groups excluding carboxylic acids is 1. The molecule has 0 spiro atoms. The van der Waals surface area contributed by atoms with Crippen LogP contribution < -0.4 is 10.5 Å². The molecule has 1 amide bonds. The summed E-state index contributed by atoms with van der Waals surface area (Å²) in [6, 6.07) is 9.13. The predicted octanol–water partition coefficient (Wildman–Crippen LogP) is 1.77. The van der Waals surface area contributed by atoms with Crippen molar-refractivity contribution in [3.8, 4) is 0 Å². The SMILES string of the molecule is CCc1ccc(NC(=O)CN(C)S(=O)(=O)c2ccc(C)c(C)c2)cc1S(N)(=O)=O. The minimum Gasteiger partial charge on any atom is -0.325 e. The van der Waals surface area contributed by atoms with Crippen molar-refractivity contribution < 1.29 is 21.6 Å². The molecule has 2 aromatic rings. The molecule has 158 valence electrons. The first-order chi connectivity index (χ1) is 13.4. The Kier molecular flexibility index (Phi) is 6.84. The van der Waals surface area contributed by atoms with Crippen LogP contribution in [-0.4, -0.2) is 40.6 Å². The number of nitrogens with two attached hydrogens (primary N) is 1. The molecule has 0 saturated heterocycles. The van der Waals surface area contributed by atoms with Crippen molar-refractivity contribution in [3.05, 3.63) is 53.1 Å². The van der Waals surface area contributed by atoms with Crippen LogP contribution in [0, 0.1) is 13.8 Å². The summed E-state index contributed by atoms with van der Waals surface area (Å²) in [4.78, 5) is 12.4. The lowest BCUT2D eigenvalue weighted by Crippen LogP contribution is -2.35. The van der Waals surface area contributed by atoms with Crippen molar-refractivity contribution in [2.24, 2.45) is 5.14 Å². The minimum atomic E-state index is -3.95. The molecule has 0 unspecified atom stereocenters. The Morgan fingerprint density at radius 2 is 1.69 bits per heavy atom. The lowest BCUT2D eigenvalue weighted by molar-refractivity contribution is -0.116. The van der Waals surface area contributed by atoms with Crippen molar-refractivity contribution in [2.45, 2.75) is 37.0 Å². The van der Waals surface area contributed by atoms with Gasteiger partial charge in [0.1, 0.15) is 0 Å². The number of benzene rings is 2. The van der Waals surface area contributed by atoms with E-state index in [2.05, 4.69) is 5.32 Å². The summed E-state index contributed by atoms with van der Waals surface area (Å²) in [7, 11) is -6.50. The molecule has 0 fully saturated rings. The average molecular weight is 440 g/mol. The van der Waals surface area contributed by atoms with Crippen molar-refractivity contribution in [1.29, 1.82) is 0 Å². The number of nitrogens with zero attached hydrogens (tertiary/aromatic N) is 1. The zero-order valence-corrected chi connectivity index (χ0v) is 18.4. The third kappa shape index (κ3) is 5.41. The normalized spacial score (nSPS) is 12.2. The van der Waals surface area contributed by atoms with Gasteiger partial charge < -0.3 is 5.32 Å². The highest BCUT2D eigenvalue weighted by molar-refractivity contribution is 7.89. The number of amides is 1. The molecule has 8 nitrogen and oxygen atoms in total. The number of nitrogens with one attached hydrogen (secondary N) is 1. The lowest BCUT2D eigenvalue weighted by Gasteiger charge is -2.18. The van der Waals surface area contributed by atoms with Gasteiger partial charge in [-0.05, 0) is 61.2 Å². The van der Waals surface area contributed by atoms with Crippen molar-refractivity contribution in [1.82, 2.24) is 4.31 Å². The number of rotatable bonds is 7. The molecule has 29 heavy (non-hydrogen) atoms. The Bertz CT molecular complexity index is 1140. The second kappa shape index (κ2) is 8.62. The predicted molar refractivity (Wildman–Crippen MR) is 112 cm³/mol. The number of anilines is 1. The number of carbonyl (C=O) groups is 1. The van der Waals surface area contributed by atoms with Crippen LogP contribution in [0.1, 0.15) is 23.6 Å². The minimum absolute atomic E-state index is 0.0751. The molecule has 3 N–H and O–H groups in total. The summed E-state index contributed by atoms with van der Waals surface area (Å²) < 4.78 is 49.8. The van der Waals surface area contributed by atoms with Crippen molar-refractivity contribution in [2.75, 3.05) is 18.9 Å². The summed E-state index contributed by atoms with van der Waals surface area (Å²) in [5, 5.41) is 7.75. The Hall–Kier alpha value is -2.27. The van der Waals surface area contributed by atoms with Gasteiger partial charge in [0.25, 0.3) is 0 Å². The molecular formula is C19H25N3O5S2. The van der Waals surface area contributed by atoms with E-state index >= 15 is 0 Å². The second-order valence-corrected chi connectivity index (χ2v) is 10.4. The van der Waals surface area contributed by atoms with E-state index in [9.17, 15) is 21.6 Å². The van der Waals surface area contributed by atoms with E-state index in [1.165, 1.54) is 19.2 Å². The monoisotopic (exact) mass is 439 g/mol. The Morgan fingerprint density at radius 1 is 1.03 bits per heavy atom. The standard InChI is InChI=1S/C19H25N3O5S2/c1-5-15-7-8-16(11-18(15)28(20,24)25)21-19(23)12-22(4)29(26,27)17-9-6-13(2)14(3)10-17/h6-11H,5,12H2,1-4H3,(H,21,23)(H2,20,24,25). The fourth-order valence-corrected chi connectivity index (χ4v) is 4.81. The third-order valence-electron chi connectivity index (χ3n) is 4.59. The van der Waals surface area contributed by atoms with Crippen LogP contribution in [0.3, 0.4) is 0 Å². The van der Waals surface area contributed by atoms with Crippen LogP contribution in [0.2, 0.25) is 0 Å². The average Bonchev–Trinajstić information content (AvgIpc) is 2.62. The highest BCUT2D eigenvalue weighted by atomic mass is 32.2. The first-order valence-corrected chi connectivity index (χ1v) is 11.8. The summed E-state index contributed by atoms with van der Waals surface area (Å²) in [6.45, 7) is 5.04. The molecule has 0 aliphatic heterocycles. The van der Waals surface area contributed by atoms with E-state index in [4.69, 9.17) is 5.14 Å². The molecule has 2 rings (SSSR count). The highest BCUT2D eigenvalue weighted by Gasteiger charge is 2.23. The maximum atomic E-state index is 12.7. The molecule has 0 aromatic heterocycles. The molecule has 10 heteroatoms. The second-order valence-electron chi connectivity index (χ2n) is 6.78. The number of hydrogen-bond donors (Lipinski definition) is 2. The molecule has 0 aliphatic rings. The Balaban J connectivity index is 2.19. The molecule has 2 aromatic carbocycles. The number of aryl methyl sites for hydroxylation is 3. The van der Waals surface area contributed by atoms with Gasteiger partial charge in [-0.2, -0.15) is 4.31 Å². The number of likely N-dealkylation sites (N-methyl/N-ethyl adjacent to an activating group) is 1. The van der Waals surface area contributed by atoms with Crippen LogP contribution in [-0.2, 0) is 31.3 Å². The number of sulfonamides is 2. The van der Waals surface area contributed by atoms with E-state index in [-0.39, 0.29) is 15.5 Å². The summed E-state index contributed by atoms with van der Waals surface area (Å²) in [5.41, 5.74) is 2.54. The van der Waals surface area contributed by atoms with E-state index in [1.807, 2.05) is 13.8 Å². The smallest absolute Gasteiger partial charge is 0.243 e. The van der Waals surface area contributed by atoms with Gasteiger partial charge in [-0.25, -0.2) is 22.0 Å². The van der Waals surface area contributed by atoms with Gasteiger partial charge in [0.05, 0.1) is 16.3 Å². The summed E-state index contributed by atoms with van der Waals surface area (Å²) in [5.74, 6) is -0.607. The quantitative estimate of drug-likeness (QED) is 0.680. The van der Waals surface area contributed by atoms with Gasteiger partial charge in [0.2, 0.25) is 26.0 Å². The van der Waals surface area contributed by atoms with Crippen molar-refractivity contribution in [3.63, 3.8) is 0 Å². The summed E-state index contributed by atoms with van der Waals surface area (Å²) in [6.07, 6.45) is 0.455. The van der Waals surface area contributed by atoms with Crippen LogP contribution >= 0.6 is 0 Å². The molecule has 0 saturated carbocycles. The Labute approximate surface area is 171 Å². The van der Waals surface area contributed by atoms with Gasteiger partial charge in [-0.15, -0.1) is 0 Å². The first-order valence-electron chi connectivity index (χ1n) is 8.85. The van der Waals surface area contributed by atoms with Crippen molar-refractivity contribution >= 4 is 31.6 Å². The third-order valence-corrected chi connectivity index (χ3v) is 7.38. The highest BCUT2D eigenvalue weighted by Crippen LogP contribution is 2.21.